The normalized spacial score (nSPS) is 16.3. The Morgan fingerprint density at radius 1 is 0.411 bits per heavy atom. The molecule has 0 aliphatic heterocycles. The second kappa shape index (κ2) is 13.3. The summed E-state index contributed by atoms with van der Waals surface area (Å²) in [5.74, 6) is 0.381. The molecule has 0 N–H and O–H groups in total. The van der Waals surface area contributed by atoms with E-state index in [0.717, 1.165) is 11.3 Å². The van der Waals surface area contributed by atoms with Gasteiger partial charge < -0.3 is 4.57 Å². The van der Waals surface area contributed by atoms with E-state index in [1.165, 1.54) is 22.8 Å². The van der Waals surface area contributed by atoms with Gasteiger partial charge in [0.15, 0.2) is 17.5 Å². The molecule has 0 fully saturated rings. The van der Waals surface area contributed by atoms with Crippen molar-refractivity contribution in [3.05, 3.63) is 194 Å². The first kappa shape index (κ1) is 18.4. The topological polar surface area (TPSA) is 43.6 Å². The van der Waals surface area contributed by atoms with Crippen molar-refractivity contribution in [3.8, 4) is 62.1 Å². The van der Waals surface area contributed by atoms with Crippen LogP contribution in [0.5, 0.6) is 0 Å². The van der Waals surface area contributed by atoms with Gasteiger partial charge in [-0.1, -0.05) is 151 Å². The quantitative estimate of drug-likeness (QED) is 0.170. The molecule has 0 spiro atoms. The molecule has 0 aliphatic carbocycles. The lowest BCUT2D eigenvalue weighted by atomic mass is 10.00. The van der Waals surface area contributed by atoms with E-state index in [4.69, 9.17) is 30.0 Å². The van der Waals surface area contributed by atoms with E-state index in [9.17, 15) is 11.0 Å². The first-order valence-corrected chi connectivity index (χ1v) is 18.0. The summed E-state index contributed by atoms with van der Waals surface area (Å²) in [5, 5.41) is -0.712. The van der Waals surface area contributed by atoms with Crippen LogP contribution in [-0.4, -0.2) is 19.5 Å². The lowest BCUT2D eigenvalue weighted by Crippen LogP contribution is -2.04. The highest BCUT2D eigenvalue weighted by atomic mass is 32.1. The molecule has 0 bridgehead atoms. The fourth-order valence-electron chi connectivity index (χ4n) is 6.69. The van der Waals surface area contributed by atoms with Gasteiger partial charge in [-0.2, -0.15) is 0 Å². The highest BCUT2D eigenvalue weighted by molar-refractivity contribution is 7.25. The number of benzene rings is 8. The standard InChI is InChI=1S/C51H32N4S/c1-4-14-33(15-5-1)36-26-29-45-43(30-36)39-20-10-12-22-44(39)55(45)46-31-37(38-24-27-41-40-21-11-13-23-47(40)56-48(41)32-38)25-28-42(46)51-53-49(34-16-6-2-7-17-34)52-50(54-51)35-18-8-3-9-19-35/h1-32H/i1D,4D,5D,10D,11D,12D,13D,14D,15D,20D,21D,22D,23D,24D,26D,27D,29D,30D,32D. The van der Waals surface area contributed by atoms with Crippen LogP contribution in [0.4, 0.5) is 0 Å². The molecule has 262 valence electrons. The molecule has 0 aliphatic rings. The van der Waals surface area contributed by atoms with Crippen LogP contribution in [0.2, 0.25) is 0 Å². The van der Waals surface area contributed by atoms with Gasteiger partial charge in [-0.25, -0.2) is 15.0 Å². The van der Waals surface area contributed by atoms with Crippen LogP contribution in [0.1, 0.15) is 26.0 Å². The predicted octanol–water partition coefficient (Wildman–Crippen LogP) is 13.7. The van der Waals surface area contributed by atoms with Crippen molar-refractivity contribution in [1.29, 1.82) is 0 Å². The number of hydrogen-bond donors (Lipinski definition) is 0. The summed E-state index contributed by atoms with van der Waals surface area (Å²) < 4.78 is 172. The van der Waals surface area contributed by atoms with Gasteiger partial charge in [-0.15, -0.1) is 11.3 Å². The van der Waals surface area contributed by atoms with Crippen LogP contribution in [0, 0.1) is 0 Å². The van der Waals surface area contributed by atoms with E-state index in [1.54, 1.807) is 48.5 Å². The van der Waals surface area contributed by atoms with Gasteiger partial charge in [0.1, 0.15) is 0 Å². The molecule has 0 saturated carbocycles. The van der Waals surface area contributed by atoms with Crippen molar-refractivity contribution in [2.45, 2.75) is 0 Å². The molecule has 3 aromatic heterocycles. The average molecular weight is 752 g/mol. The second-order valence-corrected chi connectivity index (χ2v) is 13.6. The van der Waals surface area contributed by atoms with E-state index in [1.807, 2.05) is 12.1 Å². The molecule has 11 rings (SSSR count). The molecule has 0 atom stereocenters. The van der Waals surface area contributed by atoms with Crippen molar-refractivity contribution in [3.63, 3.8) is 0 Å². The first-order valence-electron chi connectivity index (χ1n) is 26.7. The van der Waals surface area contributed by atoms with Gasteiger partial charge in [0.05, 0.1) is 42.8 Å². The van der Waals surface area contributed by atoms with Crippen LogP contribution in [0.25, 0.3) is 104 Å². The predicted molar refractivity (Wildman–Crippen MR) is 234 cm³/mol. The van der Waals surface area contributed by atoms with E-state index in [-0.39, 0.29) is 93.9 Å². The van der Waals surface area contributed by atoms with Crippen LogP contribution >= 0.6 is 11.3 Å². The molecular formula is C51H32N4S. The van der Waals surface area contributed by atoms with Crippen molar-refractivity contribution in [2.24, 2.45) is 0 Å². The molecule has 11 aromatic rings. The van der Waals surface area contributed by atoms with Crippen molar-refractivity contribution >= 4 is 53.3 Å². The minimum atomic E-state index is -0.786. The molecule has 5 heteroatoms. The molecule has 3 heterocycles. The Morgan fingerprint density at radius 2 is 1.02 bits per heavy atom. The number of thiophene rings is 1. The van der Waals surface area contributed by atoms with E-state index in [0.29, 0.717) is 11.1 Å². The summed E-state index contributed by atoms with van der Waals surface area (Å²) in [4.78, 5) is 14.7. The fraction of sp³-hybridized carbons (Fsp3) is 0. The lowest BCUT2D eigenvalue weighted by molar-refractivity contribution is 1.06. The zero-order valence-corrected chi connectivity index (χ0v) is 29.5. The Kier molecular flexibility index (Phi) is 4.36. The third kappa shape index (κ3) is 5.48. The summed E-state index contributed by atoms with van der Waals surface area (Å²) in [7, 11) is 0. The second-order valence-electron chi connectivity index (χ2n) is 12.6. The summed E-state index contributed by atoms with van der Waals surface area (Å²) in [6.45, 7) is 0. The molecular weight excluding hydrogens is 701 g/mol. The van der Waals surface area contributed by atoms with Gasteiger partial charge in [-0.3, -0.25) is 0 Å². The van der Waals surface area contributed by atoms with E-state index >= 15 is 0 Å². The largest absolute Gasteiger partial charge is 0.308 e. The highest BCUT2D eigenvalue weighted by Crippen LogP contribution is 2.41. The number of aromatic nitrogens is 4. The number of fused-ring (bicyclic) bond motifs is 6. The van der Waals surface area contributed by atoms with Crippen LogP contribution in [0.15, 0.2) is 194 Å². The van der Waals surface area contributed by atoms with Crippen molar-refractivity contribution < 1.29 is 26.0 Å². The molecule has 0 unspecified atom stereocenters. The van der Waals surface area contributed by atoms with Gasteiger partial charge in [0.25, 0.3) is 0 Å². The third-order valence-corrected chi connectivity index (χ3v) is 10.3. The smallest absolute Gasteiger partial charge is 0.166 e. The fourth-order valence-corrected chi connectivity index (χ4v) is 7.66. The lowest BCUT2D eigenvalue weighted by Gasteiger charge is -2.16. The minimum Gasteiger partial charge on any atom is -0.308 e. The Hall–Kier alpha value is -7.21. The number of nitrogens with zero attached hydrogens (tertiary/aromatic N) is 4. The molecule has 0 radical (unpaired) electrons. The number of rotatable bonds is 6. The zero-order chi connectivity index (χ0) is 53.5. The van der Waals surface area contributed by atoms with Crippen molar-refractivity contribution in [1.82, 2.24) is 19.5 Å². The SMILES string of the molecule is [2H]c1c([2H])c([2H])c(-c2c([2H])c([2H])c3c(c2[2H])c2c([2H])c([2H])c([2H])c([2H])c2n3-c2cc(-c3c([2H])c([2H])c4c(sc5c([2H])c([2H])c([2H])c([2H])c54)c3[2H])ccc2-c2nc(-c3ccccc3)nc(-c3ccccc3)n2)c([2H])c1[2H]. The van der Waals surface area contributed by atoms with Crippen molar-refractivity contribution in [2.75, 3.05) is 0 Å². The number of hydrogen-bond acceptors (Lipinski definition) is 4. The van der Waals surface area contributed by atoms with Crippen LogP contribution < -0.4 is 0 Å². The Bertz CT molecular complexity index is 4270. The van der Waals surface area contributed by atoms with Gasteiger partial charge in [0.2, 0.25) is 0 Å². The Morgan fingerprint density at radius 3 is 1.79 bits per heavy atom. The average Bonchev–Trinajstić information content (AvgIpc) is 4.06. The van der Waals surface area contributed by atoms with Gasteiger partial charge >= 0.3 is 0 Å². The summed E-state index contributed by atoms with van der Waals surface area (Å²) in [6, 6.07) is 10.3. The third-order valence-electron chi connectivity index (χ3n) is 9.26. The molecule has 0 amide bonds. The molecule has 8 aromatic carbocycles. The van der Waals surface area contributed by atoms with Gasteiger partial charge in [0, 0.05) is 47.6 Å². The van der Waals surface area contributed by atoms with E-state index in [2.05, 4.69) is 0 Å². The van der Waals surface area contributed by atoms with Crippen LogP contribution in [0.3, 0.4) is 0 Å². The summed E-state index contributed by atoms with van der Waals surface area (Å²) in [6.07, 6.45) is 0. The maximum atomic E-state index is 9.79. The maximum Gasteiger partial charge on any atom is 0.166 e. The summed E-state index contributed by atoms with van der Waals surface area (Å²) in [5.41, 5.74) is -0.720. The Labute approximate surface area is 354 Å². The zero-order valence-electron chi connectivity index (χ0n) is 47.7. The summed E-state index contributed by atoms with van der Waals surface area (Å²) >= 11 is 0.859. The first-order chi connectivity index (χ1) is 35.7. The molecule has 56 heavy (non-hydrogen) atoms. The van der Waals surface area contributed by atoms with Crippen LogP contribution in [-0.2, 0) is 0 Å². The van der Waals surface area contributed by atoms with Gasteiger partial charge in [-0.05, 0) is 64.6 Å². The maximum absolute atomic E-state index is 9.79. The molecule has 4 nitrogen and oxygen atoms in total. The number of para-hydroxylation sites is 1. The van der Waals surface area contributed by atoms with E-state index < -0.39 is 114 Å². The minimum absolute atomic E-state index is 0.0170. The highest BCUT2D eigenvalue weighted by Gasteiger charge is 2.21. The molecule has 0 saturated heterocycles. The Balaban J connectivity index is 1.33. The monoisotopic (exact) mass is 751 g/mol.